The number of pyridine rings is 1. The molecule has 5 nitrogen and oxygen atoms in total. The number of anilines is 1. The second-order valence-corrected chi connectivity index (χ2v) is 5.08. The lowest BCUT2D eigenvalue weighted by atomic mass is 10.1. The number of nitrogens with one attached hydrogen (secondary N) is 1. The lowest BCUT2D eigenvalue weighted by Crippen LogP contribution is -2.21. The Kier molecular flexibility index (Phi) is 4.74. The number of amides is 1. The molecule has 19 heavy (non-hydrogen) atoms. The highest BCUT2D eigenvalue weighted by Crippen LogP contribution is 2.16. The molecule has 0 radical (unpaired) electrons. The molecule has 0 aliphatic carbocycles. The van der Waals surface area contributed by atoms with Gasteiger partial charge in [-0.25, -0.2) is 4.98 Å². The fraction of sp³-hybridized carbons (Fsp3) is 0.571. The first kappa shape index (κ1) is 13.8. The van der Waals surface area contributed by atoms with E-state index in [1.807, 2.05) is 6.07 Å². The molecule has 1 aliphatic heterocycles. The Bertz CT molecular complexity index is 411. The van der Waals surface area contributed by atoms with Crippen LogP contribution in [0.25, 0.3) is 0 Å². The van der Waals surface area contributed by atoms with E-state index in [0.717, 1.165) is 38.4 Å². The Morgan fingerprint density at radius 3 is 2.95 bits per heavy atom. The van der Waals surface area contributed by atoms with Gasteiger partial charge < -0.3 is 15.0 Å². The second kappa shape index (κ2) is 6.52. The third kappa shape index (κ3) is 3.92. The highest BCUT2D eigenvalue weighted by Gasteiger charge is 2.14. The highest BCUT2D eigenvalue weighted by molar-refractivity contribution is 5.93. The van der Waals surface area contributed by atoms with Crippen LogP contribution in [0.5, 0.6) is 0 Å². The summed E-state index contributed by atoms with van der Waals surface area (Å²) >= 11 is 0. The van der Waals surface area contributed by atoms with Crippen LogP contribution in [0.2, 0.25) is 0 Å². The molecule has 0 saturated carbocycles. The Morgan fingerprint density at radius 1 is 1.53 bits per heavy atom. The third-order valence-electron chi connectivity index (χ3n) is 3.30. The maximum Gasteiger partial charge on any atom is 0.254 e. The van der Waals surface area contributed by atoms with Crippen LogP contribution in [-0.2, 0) is 4.74 Å². The molecule has 1 aromatic heterocycles. The Hall–Kier alpha value is -1.62. The molecular weight excluding hydrogens is 242 g/mol. The summed E-state index contributed by atoms with van der Waals surface area (Å²) in [5.74, 6) is 1.46. The molecular formula is C14H21N3O2. The van der Waals surface area contributed by atoms with E-state index in [0.29, 0.717) is 11.5 Å². The number of rotatable bonds is 5. The number of hydrogen-bond acceptors (Lipinski definition) is 4. The summed E-state index contributed by atoms with van der Waals surface area (Å²) < 4.78 is 5.34. The van der Waals surface area contributed by atoms with Crippen LogP contribution < -0.4 is 5.32 Å². The van der Waals surface area contributed by atoms with E-state index in [9.17, 15) is 4.79 Å². The molecule has 0 spiro atoms. The van der Waals surface area contributed by atoms with Gasteiger partial charge in [0.05, 0.1) is 5.56 Å². The van der Waals surface area contributed by atoms with Crippen molar-refractivity contribution < 1.29 is 9.53 Å². The molecule has 2 heterocycles. The van der Waals surface area contributed by atoms with Crippen LogP contribution in [0.4, 0.5) is 5.82 Å². The molecule has 1 aromatic rings. The lowest BCUT2D eigenvalue weighted by Gasteiger charge is -2.11. The van der Waals surface area contributed by atoms with E-state index in [1.54, 1.807) is 31.3 Å². The zero-order valence-corrected chi connectivity index (χ0v) is 11.6. The summed E-state index contributed by atoms with van der Waals surface area (Å²) in [4.78, 5) is 17.5. The number of carbonyl (C=O) groups is 1. The molecule has 2 rings (SSSR count). The maximum absolute atomic E-state index is 11.7. The predicted molar refractivity (Wildman–Crippen MR) is 74.3 cm³/mol. The first-order valence-electron chi connectivity index (χ1n) is 6.66. The van der Waals surface area contributed by atoms with Crippen molar-refractivity contribution in [3.63, 3.8) is 0 Å². The first-order chi connectivity index (χ1) is 9.16. The molecule has 1 aliphatic rings. The molecule has 1 amide bonds. The molecule has 5 heteroatoms. The van der Waals surface area contributed by atoms with Gasteiger partial charge in [-0.3, -0.25) is 4.79 Å². The smallest absolute Gasteiger partial charge is 0.254 e. The minimum Gasteiger partial charge on any atom is -0.381 e. The molecule has 1 fully saturated rings. The minimum absolute atomic E-state index is 0.0258. The highest BCUT2D eigenvalue weighted by atomic mass is 16.5. The summed E-state index contributed by atoms with van der Waals surface area (Å²) in [7, 11) is 3.47. The summed E-state index contributed by atoms with van der Waals surface area (Å²) in [6.07, 6.45) is 3.87. The average Bonchev–Trinajstić information content (AvgIpc) is 2.92. The second-order valence-electron chi connectivity index (χ2n) is 5.08. The van der Waals surface area contributed by atoms with Gasteiger partial charge in [-0.2, -0.15) is 0 Å². The summed E-state index contributed by atoms with van der Waals surface area (Å²) in [5.41, 5.74) is 0.611. The van der Waals surface area contributed by atoms with Gasteiger partial charge in [-0.05, 0) is 30.9 Å². The van der Waals surface area contributed by atoms with Crippen LogP contribution in [0.15, 0.2) is 18.3 Å². The van der Waals surface area contributed by atoms with Gasteiger partial charge in [0.15, 0.2) is 0 Å². The largest absolute Gasteiger partial charge is 0.381 e. The van der Waals surface area contributed by atoms with Gasteiger partial charge in [-0.1, -0.05) is 0 Å². The molecule has 1 atom stereocenters. The van der Waals surface area contributed by atoms with E-state index < -0.39 is 0 Å². The van der Waals surface area contributed by atoms with Crippen molar-refractivity contribution in [1.29, 1.82) is 0 Å². The molecule has 1 unspecified atom stereocenters. The molecule has 1 N–H and O–H groups in total. The average molecular weight is 263 g/mol. The zero-order chi connectivity index (χ0) is 13.7. The van der Waals surface area contributed by atoms with Crippen LogP contribution in [-0.4, -0.2) is 49.6 Å². The van der Waals surface area contributed by atoms with Gasteiger partial charge >= 0.3 is 0 Å². The summed E-state index contributed by atoms with van der Waals surface area (Å²) in [5, 5.41) is 3.28. The van der Waals surface area contributed by atoms with Gasteiger partial charge in [0, 0.05) is 40.1 Å². The van der Waals surface area contributed by atoms with Crippen molar-refractivity contribution in [2.75, 3.05) is 39.2 Å². The first-order valence-corrected chi connectivity index (χ1v) is 6.66. The SMILES string of the molecule is CN(C)C(=O)c1ccc(NCCC2CCOC2)nc1. The lowest BCUT2D eigenvalue weighted by molar-refractivity contribution is 0.0827. The van der Waals surface area contributed by atoms with Crippen LogP contribution in [0.1, 0.15) is 23.2 Å². The van der Waals surface area contributed by atoms with Crippen molar-refractivity contribution in [2.45, 2.75) is 12.8 Å². The number of aromatic nitrogens is 1. The van der Waals surface area contributed by atoms with Crippen LogP contribution in [0, 0.1) is 5.92 Å². The molecule has 104 valence electrons. The molecule has 1 saturated heterocycles. The Balaban J connectivity index is 1.79. The van der Waals surface area contributed by atoms with Crippen molar-refractivity contribution in [1.82, 2.24) is 9.88 Å². The summed E-state index contributed by atoms with van der Waals surface area (Å²) in [6.45, 7) is 2.66. The van der Waals surface area contributed by atoms with E-state index in [2.05, 4.69) is 10.3 Å². The monoisotopic (exact) mass is 263 g/mol. The predicted octanol–water partition coefficient (Wildman–Crippen LogP) is 1.62. The number of carbonyl (C=O) groups excluding carboxylic acids is 1. The fourth-order valence-electron chi connectivity index (χ4n) is 2.10. The van der Waals surface area contributed by atoms with Crippen molar-refractivity contribution >= 4 is 11.7 Å². The van der Waals surface area contributed by atoms with Crippen LogP contribution >= 0.6 is 0 Å². The fourth-order valence-corrected chi connectivity index (χ4v) is 2.10. The number of ether oxygens (including phenoxy) is 1. The number of nitrogens with zero attached hydrogens (tertiary/aromatic N) is 2. The topological polar surface area (TPSA) is 54.5 Å². The van der Waals surface area contributed by atoms with Crippen molar-refractivity contribution in [3.05, 3.63) is 23.9 Å². The summed E-state index contributed by atoms with van der Waals surface area (Å²) in [6, 6.07) is 3.65. The Labute approximate surface area is 114 Å². The van der Waals surface area contributed by atoms with E-state index >= 15 is 0 Å². The van der Waals surface area contributed by atoms with E-state index in [4.69, 9.17) is 4.74 Å². The van der Waals surface area contributed by atoms with E-state index in [-0.39, 0.29) is 5.91 Å². The van der Waals surface area contributed by atoms with Crippen molar-refractivity contribution in [2.24, 2.45) is 5.92 Å². The number of hydrogen-bond donors (Lipinski definition) is 1. The zero-order valence-electron chi connectivity index (χ0n) is 11.6. The standard InChI is InChI=1S/C14H21N3O2/c1-17(2)14(18)12-3-4-13(16-9-12)15-7-5-11-6-8-19-10-11/h3-4,9,11H,5-8,10H2,1-2H3,(H,15,16). The maximum atomic E-state index is 11.7. The Morgan fingerprint density at radius 2 is 2.37 bits per heavy atom. The third-order valence-corrected chi connectivity index (χ3v) is 3.30. The van der Waals surface area contributed by atoms with Crippen molar-refractivity contribution in [3.8, 4) is 0 Å². The molecule has 0 bridgehead atoms. The molecule has 0 aromatic carbocycles. The van der Waals surface area contributed by atoms with Gasteiger partial charge in [-0.15, -0.1) is 0 Å². The van der Waals surface area contributed by atoms with E-state index in [1.165, 1.54) is 0 Å². The quantitative estimate of drug-likeness (QED) is 0.877. The van der Waals surface area contributed by atoms with Gasteiger partial charge in [0.25, 0.3) is 5.91 Å². The van der Waals surface area contributed by atoms with Gasteiger partial charge in [0.2, 0.25) is 0 Å². The van der Waals surface area contributed by atoms with Gasteiger partial charge in [0.1, 0.15) is 5.82 Å². The normalized spacial score (nSPS) is 18.3. The minimum atomic E-state index is -0.0258. The van der Waals surface area contributed by atoms with Crippen LogP contribution in [0.3, 0.4) is 0 Å².